The Morgan fingerprint density at radius 1 is 1.52 bits per heavy atom. The third-order valence-corrected chi connectivity index (χ3v) is 4.73. The lowest BCUT2D eigenvalue weighted by atomic mass is 10.1. The van der Waals surface area contributed by atoms with Crippen molar-refractivity contribution in [3.63, 3.8) is 0 Å². The van der Waals surface area contributed by atoms with Gasteiger partial charge in [0.05, 0.1) is 24.7 Å². The summed E-state index contributed by atoms with van der Waals surface area (Å²) >= 11 is 0. The Labute approximate surface area is 136 Å². The van der Waals surface area contributed by atoms with Gasteiger partial charge in [-0.1, -0.05) is 19.0 Å². The Morgan fingerprint density at radius 2 is 2.26 bits per heavy atom. The molecule has 0 spiro atoms. The summed E-state index contributed by atoms with van der Waals surface area (Å²) < 4.78 is 34.9. The Kier molecular flexibility index (Phi) is 5.77. The predicted molar refractivity (Wildman–Crippen MR) is 83.5 cm³/mol. The minimum Gasteiger partial charge on any atom is -0.374 e. The van der Waals surface area contributed by atoms with Gasteiger partial charge in [-0.15, -0.1) is 0 Å². The molecular weight excluding hydrogens is 322 g/mol. The average molecular weight is 345 g/mol. The maximum Gasteiger partial charge on any atom is 0.289 e. The molecule has 2 rings (SSSR count). The molecule has 2 heterocycles. The number of hydrogen-bond acceptors (Lipinski definition) is 6. The SMILES string of the molecule is CC(C)Cc1cc(C(=O)NC[C@@H]2CN(S(C)(=O)=O)CCO2)on1. The van der Waals surface area contributed by atoms with Crippen LogP contribution in [0.2, 0.25) is 0 Å². The predicted octanol–water partition coefficient (Wildman–Crippen LogP) is 0.263. The third kappa shape index (κ3) is 5.29. The molecule has 0 unspecified atom stereocenters. The van der Waals surface area contributed by atoms with Crippen molar-refractivity contribution in [2.24, 2.45) is 5.92 Å². The van der Waals surface area contributed by atoms with E-state index in [2.05, 4.69) is 24.3 Å². The van der Waals surface area contributed by atoms with Crippen LogP contribution < -0.4 is 5.32 Å². The van der Waals surface area contributed by atoms with Crippen LogP contribution in [-0.2, 0) is 21.2 Å². The van der Waals surface area contributed by atoms with Crippen molar-refractivity contribution in [3.05, 3.63) is 17.5 Å². The maximum atomic E-state index is 12.0. The van der Waals surface area contributed by atoms with Crippen molar-refractivity contribution >= 4 is 15.9 Å². The van der Waals surface area contributed by atoms with Crippen molar-refractivity contribution in [2.45, 2.75) is 26.4 Å². The summed E-state index contributed by atoms with van der Waals surface area (Å²) in [6.07, 6.45) is 1.53. The second-order valence-electron chi connectivity index (χ2n) is 6.10. The second-order valence-corrected chi connectivity index (χ2v) is 8.09. The van der Waals surface area contributed by atoms with Gasteiger partial charge in [-0.25, -0.2) is 8.42 Å². The molecule has 9 heteroatoms. The van der Waals surface area contributed by atoms with E-state index < -0.39 is 10.0 Å². The molecule has 1 fully saturated rings. The molecule has 8 nitrogen and oxygen atoms in total. The number of hydrogen-bond donors (Lipinski definition) is 1. The van der Waals surface area contributed by atoms with Gasteiger partial charge in [-0.3, -0.25) is 4.79 Å². The number of sulfonamides is 1. The smallest absolute Gasteiger partial charge is 0.289 e. The Morgan fingerprint density at radius 3 is 2.91 bits per heavy atom. The first-order chi connectivity index (χ1) is 10.8. The molecule has 1 atom stereocenters. The van der Waals surface area contributed by atoms with E-state index in [9.17, 15) is 13.2 Å². The minimum absolute atomic E-state index is 0.149. The highest BCUT2D eigenvalue weighted by molar-refractivity contribution is 7.88. The van der Waals surface area contributed by atoms with Crippen molar-refractivity contribution in [1.29, 1.82) is 0 Å². The molecule has 1 aromatic rings. The molecule has 0 saturated carbocycles. The third-order valence-electron chi connectivity index (χ3n) is 3.46. The minimum atomic E-state index is -3.25. The summed E-state index contributed by atoms with van der Waals surface area (Å²) in [5, 5.41) is 6.55. The first-order valence-electron chi connectivity index (χ1n) is 7.56. The molecule has 1 aromatic heterocycles. The number of aromatic nitrogens is 1. The van der Waals surface area contributed by atoms with E-state index in [4.69, 9.17) is 9.26 Å². The highest BCUT2D eigenvalue weighted by atomic mass is 32.2. The molecule has 1 aliphatic heterocycles. The van der Waals surface area contributed by atoms with Crippen LogP contribution >= 0.6 is 0 Å². The fourth-order valence-electron chi connectivity index (χ4n) is 2.34. The number of nitrogens with one attached hydrogen (secondary N) is 1. The standard InChI is InChI=1S/C14H23N3O5S/c1-10(2)6-11-7-13(22-16-11)14(18)15-8-12-9-17(4-5-21-12)23(3,19)20/h7,10,12H,4-6,8-9H2,1-3H3,(H,15,18)/t12-/m1/s1. The first kappa shape index (κ1) is 17.9. The van der Waals surface area contributed by atoms with Gasteiger partial charge >= 0.3 is 0 Å². The van der Waals surface area contributed by atoms with Gasteiger partial charge in [-0.05, 0) is 12.3 Å². The number of nitrogens with zero attached hydrogens (tertiary/aromatic N) is 2. The lowest BCUT2D eigenvalue weighted by molar-refractivity contribution is 0.000269. The summed E-state index contributed by atoms with van der Waals surface area (Å²) in [6, 6.07) is 1.62. The summed E-state index contributed by atoms with van der Waals surface area (Å²) in [6.45, 7) is 5.21. The number of ether oxygens (including phenoxy) is 1. The molecular formula is C14H23N3O5S. The molecule has 1 aliphatic rings. The van der Waals surface area contributed by atoms with Gasteiger partial charge in [0.25, 0.3) is 5.91 Å². The number of morpholine rings is 1. The first-order valence-corrected chi connectivity index (χ1v) is 9.41. The fourth-order valence-corrected chi connectivity index (χ4v) is 3.19. The number of carbonyl (C=O) groups excluding carboxylic acids is 1. The molecule has 0 bridgehead atoms. The topological polar surface area (TPSA) is 102 Å². The monoisotopic (exact) mass is 345 g/mol. The lowest BCUT2D eigenvalue weighted by Crippen LogP contribution is -2.49. The average Bonchev–Trinajstić information content (AvgIpc) is 2.92. The van der Waals surface area contributed by atoms with Crippen molar-refractivity contribution in [3.8, 4) is 0 Å². The zero-order valence-electron chi connectivity index (χ0n) is 13.6. The highest BCUT2D eigenvalue weighted by Crippen LogP contribution is 2.10. The summed E-state index contributed by atoms with van der Waals surface area (Å²) in [7, 11) is -3.25. The molecule has 1 saturated heterocycles. The largest absolute Gasteiger partial charge is 0.374 e. The van der Waals surface area contributed by atoms with Crippen molar-refractivity contribution < 1.29 is 22.5 Å². The van der Waals surface area contributed by atoms with Crippen LogP contribution in [0.25, 0.3) is 0 Å². The van der Waals surface area contributed by atoms with Crippen LogP contribution in [0.5, 0.6) is 0 Å². The van der Waals surface area contributed by atoms with Crippen molar-refractivity contribution in [2.75, 3.05) is 32.5 Å². The Bertz CT molecular complexity index is 641. The number of rotatable bonds is 6. The van der Waals surface area contributed by atoms with Crippen LogP contribution in [0.3, 0.4) is 0 Å². The second kappa shape index (κ2) is 7.41. The Balaban J connectivity index is 1.85. The molecule has 1 amide bonds. The van der Waals surface area contributed by atoms with Crippen molar-refractivity contribution in [1.82, 2.24) is 14.8 Å². The van der Waals surface area contributed by atoms with Crippen LogP contribution in [0.1, 0.15) is 30.1 Å². The summed E-state index contributed by atoms with van der Waals surface area (Å²) in [5.41, 5.74) is 0.738. The van der Waals surface area contributed by atoms with Crippen LogP contribution in [0.4, 0.5) is 0 Å². The van der Waals surface area contributed by atoms with E-state index in [0.29, 0.717) is 19.1 Å². The fraction of sp³-hybridized carbons (Fsp3) is 0.714. The summed E-state index contributed by atoms with van der Waals surface area (Å²) in [4.78, 5) is 12.0. The van der Waals surface area contributed by atoms with Crippen LogP contribution in [0, 0.1) is 5.92 Å². The molecule has 0 aromatic carbocycles. The van der Waals surface area contributed by atoms with E-state index in [1.807, 2.05) is 0 Å². The molecule has 1 N–H and O–H groups in total. The molecule has 0 radical (unpaired) electrons. The van der Waals surface area contributed by atoms with E-state index in [1.54, 1.807) is 6.07 Å². The van der Waals surface area contributed by atoms with E-state index >= 15 is 0 Å². The lowest BCUT2D eigenvalue weighted by Gasteiger charge is -2.31. The maximum absolute atomic E-state index is 12.0. The molecule has 23 heavy (non-hydrogen) atoms. The van der Waals surface area contributed by atoms with Gasteiger partial charge in [0, 0.05) is 25.7 Å². The van der Waals surface area contributed by atoms with Gasteiger partial charge in [0.15, 0.2) is 0 Å². The highest BCUT2D eigenvalue weighted by Gasteiger charge is 2.27. The quantitative estimate of drug-likeness (QED) is 0.794. The molecule has 130 valence electrons. The molecule has 0 aliphatic carbocycles. The number of carbonyl (C=O) groups is 1. The van der Waals surface area contributed by atoms with Crippen LogP contribution in [-0.4, -0.2) is 62.4 Å². The zero-order valence-corrected chi connectivity index (χ0v) is 14.4. The Hall–Kier alpha value is -1.45. The van der Waals surface area contributed by atoms with Gasteiger partial charge in [0.2, 0.25) is 15.8 Å². The van der Waals surface area contributed by atoms with Gasteiger partial charge < -0.3 is 14.6 Å². The summed E-state index contributed by atoms with van der Waals surface area (Å²) in [5.74, 6) is 0.192. The zero-order chi connectivity index (χ0) is 17.0. The van der Waals surface area contributed by atoms with E-state index in [0.717, 1.165) is 12.1 Å². The van der Waals surface area contributed by atoms with E-state index in [-0.39, 0.29) is 30.9 Å². The number of amides is 1. The van der Waals surface area contributed by atoms with E-state index in [1.165, 1.54) is 10.6 Å². The normalized spacial score (nSPS) is 19.9. The van der Waals surface area contributed by atoms with Crippen LogP contribution in [0.15, 0.2) is 10.6 Å². The van der Waals surface area contributed by atoms with Gasteiger partial charge in [0.1, 0.15) is 0 Å². The van der Waals surface area contributed by atoms with Gasteiger partial charge in [-0.2, -0.15) is 4.31 Å².